The maximum atomic E-state index is 14.0. The molecule has 48 heavy (non-hydrogen) atoms. The van der Waals surface area contributed by atoms with E-state index in [2.05, 4.69) is 60.9 Å². The molecule has 3 fully saturated rings. The fraction of sp³-hybridized carbons (Fsp3) is 0.615. The van der Waals surface area contributed by atoms with Crippen molar-refractivity contribution in [2.45, 2.75) is 110 Å². The standard InChI is InChI=1S/C39H56N4O5/c1-37(2,3)30-16-14-28(15-17-30)26-43(31-18-19-31)34(44)29-11-10-20-42(27-29)32-12-9-13-33(25-32)47-39(7,8)35(45)40-21-23-41(24-22-40)36(46)48-38(4,5)6/h9,12-17,25,29,31H,10-11,18-24,26-27H2,1-8H3/t29-/m1/s1. The minimum absolute atomic E-state index is 0.0601. The van der Waals surface area contributed by atoms with Crippen molar-refractivity contribution in [3.63, 3.8) is 0 Å². The third-order valence-corrected chi connectivity index (χ3v) is 9.50. The first kappa shape index (κ1) is 35.6. The number of piperazine rings is 1. The molecular weight excluding hydrogens is 604 g/mol. The lowest BCUT2D eigenvalue weighted by molar-refractivity contribution is -0.147. The van der Waals surface area contributed by atoms with Gasteiger partial charge in [-0.25, -0.2) is 4.79 Å². The summed E-state index contributed by atoms with van der Waals surface area (Å²) in [5.41, 5.74) is 1.93. The Morgan fingerprint density at radius 1 is 0.812 bits per heavy atom. The van der Waals surface area contributed by atoms with Crippen molar-refractivity contribution >= 4 is 23.6 Å². The van der Waals surface area contributed by atoms with E-state index in [9.17, 15) is 14.4 Å². The van der Waals surface area contributed by atoms with Crippen molar-refractivity contribution in [3.05, 3.63) is 59.7 Å². The number of benzene rings is 2. The summed E-state index contributed by atoms with van der Waals surface area (Å²) in [6, 6.07) is 17.0. The molecule has 3 amide bonds. The average molecular weight is 661 g/mol. The second-order valence-electron chi connectivity index (χ2n) is 16.3. The van der Waals surface area contributed by atoms with Gasteiger partial charge in [0, 0.05) is 63.6 Å². The van der Waals surface area contributed by atoms with Gasteiger partial charge in [-0.2, -0.15) is 0 Å². The fourth-order valence-corrected chi connectivity index (χ4v) is 6.61. The van der Waals surface area contributed by atoms with Crippen molar-refractivity contribution < 1.29 is 23.9 Å². The number of ether oxygens (including phenoxy) is 2. The zero-order valence-corrected chi connectivity index (χ0v) is 30.4. The smallest absolute Gasteiger partial charge is 0.410 e. The molecule has 3 aliphatic rings. The topological polar surface area (TPSA) is 82.6 Å². The maximum absolute atomic E-state index is 14.0. The predicted octanol–water partition coefficient (Wildman–Crippen LogP) is 6.63. The summed E-state index contributed by atoms with van der Waals surface area (Å²) in [5.74, 6) is 0.696. The number of anilines is 1. The van der Waals surface area contributed by atoms with Gasteiger partial charge in [-0.3, -0.25) is 9.59 Å². The normalized spacial score (nSPS) is 19.2. The van der Waals surface area contributed by atoms with Crippen LogP contribution in [0.5, 0.6) is 5.75 Å². The number of hydrogen-bond donors (Lipinski definition) is 0. The Hall–Kier alpha value is -3.75. The molecule has 0 N–H and O–H groups in total. The lowest BCUT2D eigenvalue weighted by atomic mass is 9.86. The Balaban J connectivity index is 1.18. The van der Waals surface area contributed by atoms with E-state index >= 15 is 0 Å². The lowest BCUT2D eigenvalue weighted by Gasteiger charge is -2.39. The van der Waals surface area contributed by atoms with Crippen LogP contribution in [0.2, 0.25) is 0 Å². The van der Waals surface area contributed by atoms with Crippen LogP contribution < -0.4 is 9.64 Å². The van der Waals surface area contributed by atoms with Crippen LogP contribution in [0.15, 0.2) is 48.5 Å². The zero-order chi connectivity index (χ0) is 34.9. The maximum Gasteiger partial charge on any atom is 0.410 e. The highest BCUT2D eigenvalue weighted by Crippen LogP contribution is 2.34. The molecule has 0 spiro atoms. The highest BCUT2D eigenvalue weighted by Gasteiger charge is 2.39. The Labute approximate surface area is 287 Å². The summed E-state index contributed by atoms with van der Waals surface area (Å²) in [4.78, 5) is 47.8. The van der Waals surface area contributed by atoms with Crippen molar-refractivity contribution in [2.75, 3.05) is 44.2 Å². The molecular formula is C39H56N4O5. The highest BCUT2D eigenvalue weighted by atomic mass is 16.6. The molecule has 0 bridgehead atoms. The van der Waals surface area contributed by atoms with E-state index in [0.717, 1.165) is 37.9 Å². The molecule has 2 heterocycles. The molecule has 9 heteroatoms. The molecule has 0 unspecified atom stereocenters. The molecule has 0 radical (unpaired) electrons. The van der Waals surface area contributed by atoms with E-state index in [1.54, 1.807) is 23.6 Å². The minimum Gasteiger partial charge on any atom is -0.478 e. The number of carbonyl (C=O) groups excluding carboxylic acids is 3. The van der Waals surface area contributed by atoms with Crippen LogP contribution >= 0.6 is 0 Å². The lowest BCUT2D eigenvalue weighted by Crippen LogP contribution is -2.57. The van der Waals surface area contributed by atoms with Crippen LogP contribution in [0, 0.1) is 5.92 Å². The summed E-state index contributed by atoms with van der Waals surface area (Å²) in [7, 11) is 0. The van der Waals surface area contributed by atoms with Gasteiger partial charge in [0.25, 0.3) is 5.91 Å². The Kier molecular flexibility index (Phi) is 10.4. The van der Waals surface area contributed by atoms with Gasteiger partial charge < -0.3 is 29.1 Å². The SMILES string of the molecule is CC(C)(C)OC(=O)N1CCN(C(=O)C(C)(C)Oc2cccc(N3CCC[C@@H](C(=O)N(Cc4ccc(C(C)(C)C)cc4)C4CC4)C3)c2)CC1. The van der Waals surface area contributed by atoms with Gasteiger partial charge >= 0.3 is 6.09 Å². The monoisotopic (exact) mass is 660 g/mol. The van der Waals surface area contributed by atoms with Crippen molar-refractivity contribution in [1.29, 1.82) is 0 Å². The van der Waals surface area contributed by atoms with Gasteiger partial charge in [0.15, 0.2) is 5.60 Å². The molecule has 2 saturated heterocycles. The van der Waals surface area contributed by atoms with Gasteiger partial charge in [0.1, 0.15) is 11.4 Å². The molecule has 0 aromatic heterocycles. The van der Waals surface area contributed by atoms with Gasteiger partial charge in [-0.05, 0) is 89.0 Å². The number of piperidine rings is 1. The second kappa shape index (κ2) is 14.0. The Bertz CT molecular complexity index is 1450. The molecule has 2 aromatic carbocycles. The zero-order valence-electron chi connectivity index (χ0n) is 30.4. The first-order chi connectivity index (χ1) is 22.5. The summed E-state index contributed by atoms with van der Waals surface area (Å²) in [5, 5.41) is 0. The van der Waals surface area contributed by atoms with E-state index < -0.39 is 11.2 Å². The van der Waals surface area contributed by atoms with Crippen LogP contribution in [0.4, 0.5) is 10.5 Å². The van der Waals surface area contributed by atoms with Crippen LogP contribution in [-0.2, 0) is 26.3 Å². The molecule has 262 valence electrons. The fourth-order valence-electron chi connectivity index (χ4n) is 6.61. The van der Waals surface area contributed by atoms with Gasteiger partial charge in [-0.1, -0.05) is 51.1 Å². The summed E-state index contributed by atoms with van der Waals surface area (Å²) < 4.78 is 11.8. The van der Waals surface area contributed by atoms with Crippen molar-refractivity contribution in [3.8, 4) is 5.75 Å². The Morgan fingerprint density at radius 2 is 1.46 bits per heavy atom. The van der Waals surface area contributed by atoms with Gasteiger partial charge in [0.05, 0.1) is 5.92 Å². The summed E-state index contributed by atoms with van der Waals surface area (Å²) >= 11 is 0. The second-order valence-corrected chi connectivity index (χ2v) is 16.3. The molecule has 1 saturated carbocycles. The van der Waals surface area contributed by atoms with E-state index in [0.29, 0.717) is 51.1 Å². The number of carbonyl (C=O) groups is 3. The summed E-state index contributed by atoms with van der Waals surface area (Å²) in [6.45, 7) is 19.7. The number of hydrogen-bond acceptors (Lipinski definition) is 6. The third kappa shape index (κ3) is 9.03. The minimum atomic E-state index is -1.09. The Morgan fingerprint density at radius 3 is 2.06 bits per heavy atom. The number of rotatable bonds is 8. The number of amides is 3. The van der Waals surface area contributed by atoms with Crippen LogP contribution in [-0.4, -0.2) is 89.1 Å². The first-order valence-corrected chi connectivity index (χ1v) is 17.7. The van der Waals surface area contributed by atoms with Gasteiger partial charge in [-0.15, -0.1) is 0 Å². The highest BCUT2D eigenvalue weighted by molar-refractivity contribution is 5.85. The van der Waals surface area contributed by atoms with Crippen LogP contribution in [0.25, 0.3) is 0 Å². The van der Waals surface area contributed by atoms with E-state index in [-0.39, 0.29) is 29.2 Å². The summed E-state index contributed by atoms with van der Waals surface area (Å²) in [6.07, 6.45) is 3.64. The molecule has 2 aromatic rings. The number of nitrogens with zero attached hydrogens (tertiary/aromatic N) is 4. The quantitative estimate of drug-likeness (QED) is 0.316. The first-order valence-electron chi connectivity index (χ1n) is 17.7. The van der Waals surface area contributed by atoms with Crippen molar-refractivity contribution in [2.24, 2.45) is 5.92 Å². The van der Waals surface area contributed by atoms with E-state index in [4.69, 9.17) is 9.47 Å². The van der Waals surface area contributed by atoms with E-state index in [1.807, 2.05) is 39.0 Å². The van der Waals surface area contributed by atoms with Crippen LogP contribution in [0.3, 0.4) is 0 Å². The van der Waals surface area contributed by atoms with Crippen molar-refractivity contribution in [1.82, 2.24) is 14.7 Å². The predicted molar refractivity (Wildman–Crippen MR) is 189 cm³/mol. The molecule has 1 atom stereocenters. The third-order valence-electron chi connectivity index (χ3n) is 9.50. The molecule has 1 aliphatic carbocycles. The van der Waals surface area contributed by atoms with E-state index in [1.165, 1.54) is 11.1 Å². The average Bonchev–Trinajstić information content (AvgIpc) is 3.88. The molecule has 5 rings (SSSR count). The van der Waals surface area contributed by atoms with Gasteiger partial charge in [0.2, 0.25) is 5.91 Å². The largest absolute Gasteiger partial charge is 0.478 e. The molecule has 9 nitrogen and oxygen atoms in total. The molecule has 2 aliphatic heterocycles. The van der Waals surface area contributed by atoms with Crippen LogP contribution in [0.1, 0.15) is 92.2 Å².